The van der Waals surface area contributed by atoms with Crippen LogP contribution in [0.15, 0.2) is 87.1 Å². The molecule has 4 nitrogen and oxygen atoms in total. The molecule has 6 rings (SSSR count). The van der Waals surface area contributed by atoms with Crippen LogP contribution in [0.2, 0.25) is 0 Å². The van der Waals surface area contributed by atoms with Crippen molar-refractivity contribution < 1.29 is 18.3 Å². The summed E-state index contributed by atoms with van der Waals surface area (Å²) < 4.78 is 40.5. The molecule has 0 aliphatic carbocycles. The number of thioether (sulfide) groups is 2. The third-order valence-electron chi connectivity index (χ3n) is 11.6. The fraction of sp³-hybridized carbons (Fsp3) is 0.500. The molecule has 0 unspecified atom stereocenters. The number of ether oxygens (including phenoxy) is 2. The number of halogens is 4. The van der Waals surface area contributed by atoms with Crippen LogP contribution in [0.1, 0.15) is 105 Å². The maximum Gasteiger partial charge on any atom is 0.134 e. The Balaban J connectivity index is 0.000000221. The largest absolute Gasteiger partial charge is 0.496 e. The molecule has 10 heteroatoms. The van der Waals surface area contributed by atoms with E-state index in [-0.39, 0.29) is 22.5 Å². The second-order valence-corrected chi connectivity index (χ2v) is 20.1. The van der Waals surface area contributed by atoms with Crippen LogP contribution in [0.5, 0.6) is 11.5 Å². The van der Waals surface area contributed by atoms with Gasteiger partial charge in [0.25, 0.3) is 0 Å². The Labute approximate surface area is 378 Å². The minimum absolute atomic E-state index is 0.189. The molecule has 0 saturated heterocycles. The van der Waals surface area contributed by atoms with E-state index in [2.05, 4.69) is 100 Å². The lowest BCUT2D eigenvalue weighted by Crippen LogP contribution is -2.36. The van der Waals surface area contributed by atoms with Crippen LogP contribution in [-0.2, 0) is 0 Å². The first-order valence-electron chi connectivity index (χ1n) is 21.1. The molecule has 0 radical (unpaired) electrons. The molecule has 2 aliphatic heterocycles. The van der Waals surface area contributed by atoms with E-state index in [1.165, 1.54) is 98.2 Å². The summed E-state index contributed by atoms with van der Waals surface area (Å²) in [6.45, 7) is 11.0. The summed E-state index contributed by atoms with van der Waals surface area (Å²) in [6, 6.07) is 22.6. The van der Waals surface area contributed by atoms with E-state index in [0.717, 1.165) is 55.5 Å². The number of hydrogen-bond donors (Lipinski definition) is 0. The second kappa shape index (κ2) is 22.6. The van der Waals surface area contributed by atoms with Gasteiger partial charge in [0.05, 0.1) is 33.6 Å². The summed E-state index contributed by atoms with van der Waals surface area (Å²) in [4.78, 5) is 7.29. The number of fused-ring (bicyclic) bond motifs is 2. The van der Waals surface area contributed by atoms with E-state index in [0.29, 0.717) is 0 Å². The van der Waals surface area contributed by atoms with Crippen molar-refractivity contribution in [1.82, 2.24) is 0 Å². The van der Waals surface area contributed by atoms with Gasteiger partial charge in [0.2, 0.25) is 0 Å². The van der Waals surface area contributed by atoms with Gasteiger partial charge < -0.3 is 19.3 Å². The Kier molecular flexibility index (Phi) is 18.3. The average Bonchev–Trinajstić information content (AvgIpc) is 3.49. The van der Waals surface area contributed by atoms with Gasteiger partial charge in [-0.05, 0) is 148 Å². The normalized spacial score (nSPS) is 15.7. The summed E-state index contributed by atoms with van der Waals surface area (Å²) >= 11 is 9.91. The van der Waals surface area contributed by atoms with Gasteiger partial charge in [0, 0.05) is 45.8 Å². The van der Waals surface area contributed by atoms with Crippen molar-refractivity contribution in [1.29, 1.82) is 0 Å². The maximum atomic E-state index is 13.6. The number of anilines is 4. The zero-order chi connectivity index (χ0) is 41.7. The molecule has 316 valence electrons. The van der Waals surface area contributed by atoms with Crippen LogP contribution >= 0.6 is 62.0 Å². The molecule has 0 spiro atoms. The summed E-state index contributed by atoms with van der Waals surface area (Å²) in [7, 11) is 3.44. The third-order valence-corrected chi connectivity index (χ3v) is 15.9. The molecule has 0 saturated carbocycles. The van der Waals surface area contributed by atoms with Gasteiger partial charge in [-0.15, -0.1) is 23.5 Å². The molecule has 0 fully saturated rings. The highest BCUT2D eigenvalue weighted by molar-refractivity contribution is 14.1. The number of methoxy groups -OCH3 is 2. The molecular weight excluding hydrogens is 945 g/mol. The van der Waals surface area contributed by atoms with Crippen molar-refractivity contribution >= 4 is 84.8 Å². The highest BCUT2D eigenvalue weighted by Crippen LogP contribution is 2.51. The van der Waals surface area contributed by atoms with Crippen LogP contribution in [-0.4, -0.2) is 38.8 Å². The summed E-state index contributed by atoms with van der Waals surface area (Å²) in [5.41, 5.74) is 4.98. The Hall–Kier alpha value is -2.15. The predicted molar refractivity (Wildman–Crippen MR) is 258 cm³/mol. The quantitative estimate of drug-likeness (QED) is 0.104. The number of benzene rings is 4. The van der Waals surface area contributed by atoms with Crippen molar-refractivity contribution in [2.24, 2.45) is 10.8 Å². The zero-order valence-electron chi connectivity index (χ0n) is 35.3. The molecule has 58 heavy (non-hydrogen) atoms. The van der Waals surface area contributed by atoms with Crippen LogP contribution in [0.3, 0.4) is 0 Å². The maximum absolute atomic E-state index is 13.6. The van der Waals surface area contributed by atoms with E-state index in [1.807, 2.05) is 47.8 Å². The van der Waals surface area contributed by atoms with Crippen LogP contribution in [0.4, 0.5) is 31.5 Å². The van der Waals surface area contributed by atoms with E-state index >= 15 is 0 Å². The van der Waals surface area contributed by atoms with Crippen molar-refractivity contribution in [3.8, 4) is 11.5 Å². The monoisotopic (exact) mass is 1010 g/mol. The van der Waals surface area contributed by atoms with Gasteiger partial charge in [0.15, 0.2) is 0 Å². The summed E-state index contributed by atoms with van der Waals surface area (Å²) in [5, 5.41) is 0. The molecule has 4 aromatic carbocycles. The van der Waals surface area contributed by atoms with Crippen LogP contribution in [0.25, 0.3) is 0 Å². The molecule has 2 heterocycles. The minimum atomic E-state index is -0.197. The first-order chi connectivity index (χ1) is 28.0. The Morgan fingerprint density at radius 3 is 1.36 bits per heavy atom. The smallest absolute Gasteiger partial charge is 0.134 e. The van der Waals surface area contributed by atoms with Gasteiger partial charge in [-0.25, -0.2) is 8.78 Å². The highest BCUT2D eigenvalue weighted by atomic mass is 127. The van der Waals surface area contributed by atoms with Crippen molar-refractivity contribution in [3.05, 3.63) is 92.5 Å². The lowest BCUT2D eigenvalue weighted by Gasteiger charge is -2.37. The molecule has 0 amide bonds. The second-order valence-electron chi connectivity index (χ2n) is 16.0. The predicted octanol–water partition coefficient (Wildman–Crippen LogP) is 16.3. The van der Waals surface area contributed by atoms with Crippen LogP contribution in [0, 0.1) is 26.0 Å². The Bertz CT molecular complexity index is 1750. The van der Waals surface area contributed by atoms with Crippen molar-refractivity contribution in [2.75, 3.05) is 48.6 Å². The number of rotatable bonds is 16. The Morgan fingerprint density at radius 1 is 0.603 bits per heavy atom. The third kappa shape index (κ3) is 12.0. The van der Waals surface area contributed by atoms with Crippen molar-refractivity contribution in [3.63, 3.8) is 0 Å². The number of hydrogen-bond acceptors (Lipinski definition) is 6. The summed E-state index contributed by atoms with van der Waals surface area (Å²) in [5.74, 6) is 3.60. The van der Waals surface area contributed by atoms with Gasteiger partial charge in [-0.2, -0.15) is 0 Å². The first-order valence-corrected chi connectivity index (χ1v) is 24.9. The molecule has 4 aromatic rings. The van der Waals surface area contributed by atoms with Gasteiger partial charge in [-0.1, -0.05) is 79.1 Å². The Morgan fingerprint density at radius 2 is 0.983 bits per heavy atom. The summed E-state index contributed by atoms with van der Waals surface area (Å²) in [6.07, 6.45) is 14.7. The van der Waals surface area contributed by atoms with Crippen molar-refractivity contribution in [2.45, 2.75) is 115 Å². The molecule has 0 atom stereocenters. The van der Waals surface area contributed by atoms with E-state index in [1.54, 1.807) is 38.5 Å². The lowest BCUT2D eigenvalue weighted by molar-refractivity contribution is 0.274. The van der Waals surface area contributed by atoms with Gasteiger partial charge >= 0.3 is 0 Å². The standard InChI is InChI=1S/C24H31BrFNOS.C24H31FINOS/c1-4-6-12-24(13-7-5-2)16-27(19-10-8-18(26)9-11-19)21-14-20(25)22(28-3)15-23(21)29-17-24;1-4-6-12-24(13-7-5-2)16-27(19-10-8-18(25)9-11-19)21-14-20(26)22(28-3)15-23(21)29-17-24/h2*8-11,14-15H,4-7,12-13,16-17H2,1-3H3. The average molecular weight is 1010 g/mol. The SMILES string of the molecule is CCCCC1(CCCC)CSc2cc(OC)c(Br)cc2N(c2ccc(F)cc2)C1.CCCCC1(CCCC)CSc2cc(OC)c(I)cc2N(c2ccc(F)cc2)C1. The lowest BCUT2D eigenvalue weighted by atomic mass is 9.79. The van der Waals surface area contributed by atoms with E-state index in [4.69, 9.17) is 9.47 Å². The molecule has 2 aliphatic rings. The number of unbranched alkanes of at least 4 members (excludes halogenated alkanes) is 4. The first kappa shape index (κ1) is 46.9. The van der Waals surface area contributed by atoms with Gasteiger partial charge in [-0.3, -0.25) is 0 Å². The number of nitrogens with zero attached hydrogens (tertiary/aromatic N) is 2. The van der Waals surface area contributed by atoms with E-state index in [9.17, 15) is 8.78 Å². The van der Waals surface area contributed by atoms with E-state index < -0.39 is 0 Å². The molecule has 0 aromatic heterocycles. The minimum Gasteiger partial charge on any atom is -0.496 e. The molecule has 0 bridgehead atoms. The van der Waals surface area contributed by atoms with Gasteiger partial charge in [0.1, 0.15) is 23.1 Å². The highest BCUT2D eigenvalue weighted by Gasteiger charge is 2.38. The fourth-order valence-electron chi connectivity index (χ4n) is 8.17. The fourth-order valence-corrected chi connectivity index (χ4v) is 12.0. The topological polar surface area (TPSA) is 24.9 Å². The zero-order valence-corrected chi connectivity index (χ0v) is 40.7. The molecular formula is C48H62BrF2IN2O2S2. The molecule has 0 N–H and O–H groups in total. The van der Waals surface area contributed by atoms with Crippen LogP contribution < -0.4 is 19.3 Å².